The maximum absolute atomic E-state index is 10.7. The summed E-state index contributed by atoms with van der Waals surface area (Å²) in [6.45, 7) is 1.86. The van der Waals surface area contributed by atoms with Crippen LogP contribution < -0.4 is 0 Å². The highest BCUT2D eigenvalue weighted by molar-refractivity contribution is 5.03. The molecular weight excluding hydrogens is 178 g/mol. The van der Waals surface area contributed by atoms with Crippen molar-refractivity contribution in [1.29, 1.82) is 0 Å². The molecule has 78 valence electrons. The van der Waals surface area contributed by atoms with Crippen molar-refractivity contribution in [2.75, 3.05) is 0 Å². The molecule has 2 aliphatic carbocycles. The lowest BCUT2D eigenvalue weighted by atomic mass is 9.88. The van der Waals surface area contributed by atoms with Gasteiger partial charge in [0, 0.05) is 6.42 Å². The van der Waals surface area contributed by atoms with Gasteiger partial charge in [-0.3, -0.25) is 10.1 Å². The van der Waals surface area contributed by atoms with E-state index in [9.17, 15) is 10.1 Å². The van der Waals surface area contributed by atoms with Gasteiger partial charge in [-0.05, 0) is 43.1 Å². The van der Waals surface area contributed by atoms with E-state index in [4.69, 9.17) is 0 Å². The highest BCUT2D eigenvalue weighted by atomic mass is 16.6. The molecule has 0 aromatic carbocycles. The van der Waals surface area contributed by atoms with Crippen LogP contribution in [-0.2, 0) is 0 Å². The van der Waals surface area contributed by atoms with Gasteiger partial charge in [-0.15, -0.1) is 0 Å². The van der Waals surface area contributed by atoms with E-state index in [1.807, 2.05) is 13.0 Å². The average molecular weight is 195 g/mol. The van der Waals surface area contributed by atoms with Crippen molar-refractivity contribution >= 4 is 0 Å². The minimum Gasteiger partial charge on any atom is -0.259 e. The Balaban J connectivity index is 2.06. The van der Waals surface area contributed by atoms with Crippen LogP contribution in [0.1, 0.15) is 39.0 Å². The third-order valence-corrected chi connectivity index (χ3v) is 3.80. The van der Waals surface area contributed by atoms with E-state index < -0.39 is 0 Å². The van der Waals surface area contributed by atoms with Crippen molar-refractivity contribution < 1.29 is 4.92 Å². The first kappa shape index (κ1) is 9.69. The van der Waals surface area contributed by atoms with E-state index in [2.05, 4.69) is 0 Å². The highest BCUT2D eigenvalue weighted by Crippen LogP contribution is 2.49. The molecule has 0 aromatic rings. The lowest BCUT2D eigenvalue weighted by Gasteiger charge is -2.17. The first-order valence-electron chi connectivity index (χ1n) is 5.55. The number of fused-ring (bicyclic) bond motifs is 2. The minimum atomic E-state index is -0.216. The van der Waals surface area contributed by atoms with Gasteiger partial charge in [-0.25, -0.2) is 0 Å². The molecule has 2 rings (SSSR count). The smallest absolute Gasteiger partial charge is 0.242 e. The van der Waals surface area contributed by atoms with E-state index in [1.165, 1.54) is 25.7 Å². The Morgan fingerprint density at radius 3 is 2.71 bits per heavy atom. The molecule has 2 aliphatic rings. The molecule has 0 aliphatic heterocycles. The van der Waals surface area contributed by atoms with Crippen molar-refractivity contribution in [3.8, 4) is 0 Å². The van der Waals surface area contributed by atoms with Gasteiger partial charge < -0.3 is 0 Å². The summed E-state index contributed by atoms with van der Waals surface area (Å²) < 4.78 is 0. The van der Waals surface area contributed by atoms with Crippen molar-refractivity contribution in [3.05, 3.63) is 21.9 Å². The van der Waals surface area contributed by atoms with Crippen LogP contribution in [0.3, 0.4) is 0 Å². The molecule has 0 N–H and O–H groups in total. The fraction of sp³-hybridized carbons (Fsp3) is 0.818. The molecule has 0 radical (unpaired) electrons. The molecule has 2 fully saturated rings. The van der Waals surface area contributed by atoms with Crippen LogP contribution in [0, 0.1) is 27.9 Å². The average Bonchev–Trinajstić information content (AvgIpc) is 2.74. The van der Waals surface area contributed by atoms with Crippen LogP contribution in [0.25, 0.3) is 0 Å². The van der Waals surface area contributed by atoms with Gasteiger partial charge in [0.05, 0.1) is 4.92 Å². The predicted octanol–water partition coefficient (Wildman–Crippen LogP) is 2.99. The maximum Gasteiger partial charge on any atom is 0.242 e. The zero-order valence-electron chi connectivity index (χ0n) is 8.61. The molecular formula is C11H17NO2. The van der Waals surface area contributed by atoms with Crippen molar-refractivity contribution in [3.63, 3.8) is 0 Å². The minimum absolute atomic E-state index is 0.216. The number of rotatable bonds is 3. The van der Waals surface area contributed by atoms with Crippen LogP contribution >= 0.6 is 0 Å². The molecule has 0 amide bonds. The Kier molecular flexibility index (Phi) is 2.57. The van der Waals surface area contributed by atoms with Crippen molar-refractivity contribution in [1.82, 2.24) is 0 Å². The van der Waals surface area contributed by atoms with E-state index in [-0.39, 0.29) is 4.92 Å². The molecule has 2 saturated carbocycles. The van der Waals surface area contributed by atoms with Crippen molar-refractivity contribution in [2.45, 2.75) is 39.0 Å². The number of allylic oxidation sites excluding steroid dienone is 2. The van der Waals surface area contributed by atoms with Gasteiger partial charge in [0.1, 0.15) is 0 Å². The van der Waals surface area contributed by atoms with Gasteiger partial charge in [0.25, 0.3) is 0 Å². The van der Waals surface area contributed by atoms with Gasteiger partial charge >= 0.3 is 0 Å². The summed E-state index contributed by atoms with van der Waals surface area (Å²) in [5.41, 5.74) is 0.419. The normalized spacial score (nSPS) is 36.4. The van der Waals surface area contributed by atoms with Gasteiger partial charge in [-0.2, -0.15) is 0 Å². The monoisotopic (exact) mass is 195 g/mol. The van der Waals surface area contributed by atoms with Crippen LogP contribution in [0.5, 0.6) is 0 Å². The van der Waals surface area contributed by atoms with Gasteiger partial charge in [0.2, 0.25) is 5.70 Å². The Bertz CT molecular complexity index is 272. The number of nitrogens with zero attached hydrogens (tertiary/aromatic N) is 1. The van der Waals surface area contributed by atoms with Crippen molar-refractivity contribution in [2.24, 2.45) is 17.8 Å². The molecule has 3 unspecified atom stereocenters. The lowest BCUT2D eigenvalue weighted by Crippen LogP contribution is -2.10. The maximum atomic E-state index is 10.7. The van der Waals surface area contributed by atoms with Crippen LogP contribution in [-0.4, -0.2) is 4.92 Å². The summed E-state index contributed by atoms with van der Waals surface area (Å²) in [6, 6.07) is 0. The Morgan fingerprint density at radius 1 is 1.50 bits per heavy atom. The number of hydrogen-bond donors (Lipinski definition) is 0. The summed E-state index contributed by atoms with van der Waals surface area (Å²) in [5, 5.41) is 10.7. The molecule has 14 heavy (non-hydrogen) atoms. The summed E-state index contributed by atoms with van der Waals surface area (Å²) in [5.74, 6) is 2.13. The van der Waals surface area contributed by atoms with E-state index in [1.54, 1.807) is 0 Å². The van der Waals surface area contributed by atoms with E-state index >= 15 is 0 Å². The first-order chi connectivity index (χ1) is 6.70. The second kappa shape index (κ2) is 3.71. The molecule has 2 bridgehead atoms. The standard InChI is InChI=1S/C11H17NO2/c1-2-11(12(13)14)7-10-6-8-3-4-9(10)5-8/h7-10H,2-6H2,1H3/b11-7-. The Hall–Kier alpha value is -0.860. The molecule has 0 spiro atoms. The third-order valence-electron chi connectivity index (χ3n) is 3.80. The summed E-state index contributed by atoms with van der Waals surface area (Å²) in [6.07, 6.45) is 7.65. The van der Waals surface area contributed by atoms with Crippen LogP contribution in [0.4, 0.5) is 0 Å². The molecule has 0 heterocycles. The zero-order chi connectivity index (χ0) is 10.1. The molecule has 0 saturated heterocycles. The highest BCUT2D eigenvalue weighted by Gasteiger charge is 2.39. The van der Waals surface area contributed by atoms with Gasteiger partial charge in [0.15, 0.2) is 0 Å². The largest absolute Gasteiger partial charge is 0.259 e. The molecule has 3 nitrogen and oxygen atoms in total. The summed E-state index contributed by atoms with van der Waals surface area (Å²) in [7, 11) is 0. The summed E-state index contributed by atoms with van der Waals surface area (Å²) >= 11 is 0. The quantitative estimate of drug-likeness (QED) is 0.513. The molecule has 3 atom stereocenters. The molecule has 3 heteroatoms. The first-order valence-corrected chi connectivity index (χ1v) is 5.55. The SMILES string of the molecule is CC/C(=C/C1CC2CCC1C2)[N+](=O)[O-]. The third kappa shape index (κ3) is 1.68. The lowest BCUT2D eigenvalue weighted by molar-refractivity contribution is -0.428. The number of nitro groups is 1. The van der Waals surface area contributed by atoms with Gasteiger partial charge in [-0.1, -0.05) is 13.3 Å². The zero-order valence-corrected chi connectivity index (χ0v) is 8.61. The number of hydrogen-bond acceptors (Lipinski definition) is 2. The molecule has 0 aromatic heterocycles. The van der Waals surface area contributed by atoms with Crippen LogP contribution in [0.15, 0.2) is 11.8 Å². The van der Waals surface area contributed by atoms with E-state index in [0.717, 1.165) is 11.8 Å². The fourth-order valence-corrected chi connectivity index (χ4v) is 3.05. The Labute approximate surface area is 84.3 Å². The second-order valence-electron chi connectivity index (χ2n) is 4.61. The summed E-state index contributed by atoms with van der Waals surface area (Å²) in [4.78, 5) is 10.4. The Morgan fingerprint density at radius 2 is 2.29 bits per heavy atom. The predicted molar refractivity (Wildman–Crippen MR) is 54.3 cm³/mol. The topological polar surface area (TPSA) is 43.1 Å². The fourth-order valence-electron chi connectivity index (χ4n) is 3.05. The van der Waals surface area contributed by atoms with E-state index in [0.29, 0.717) is 18.0 Å². The van der Waals surface area contributed by atoms with Crippen LogP contribution in [0.2, 0.25) is 0 Å². The second-order valence-corrected chi connectivity index (χ2v) is 4.61.